The molecule has 1 saturated heterocycles. The van der Waals surface area contributed by atoms with Gasteiger partial charge >= 0.3 is 0 Å². The lowest BCUT2D eigenvalue weighted by atomic mass is 9.95. The Kier molecular flexibility index (Phi) is 3.73. The number of nitrogens with zero attached hydrogens (tertiary/aromatic N) is 2. The van der Waals surface area contributed by atoms with Crippen LogP contribution in [0.1, 0.15) is 18.1 Å². The number of thiocarbonyl (C=S) groups is 1. The van der Waals surface area contributed by atoms with Crippen LogP contribution < -0.4 is 9.64 Å². The molecule has 0 radical (unpaired) electrons. The van der Waals surface area contributed by atoms with E-state index in [1.165, 1.54) is 11.1 Å². The molecule has 0 aromatic heterocycles. The quantitative estimate of drug-likeness (QED) is 0.805. The third-order valence-electron chi connectivity index (χ3n) is 4.60. The van der Waals surface area contributed by atoms with Gasteiger partial charge < -0.3 is 9.64 Å². The molecular weight excluding hydrogens is 320 g/mol. The maximum atomic E-state index is 12.9. The molecule has 2 aromatic carbocycles. The van der Waals surface area contributed by atoms with Crippen molar-refractivity contribution in [2.24, 2.45) is 0 Å². The minimum Gasteiger partial charge on any atom is -0.494 e. The Labute approximate surface area is 146 Å². The Morgan fingerprint density at radius 2 is 1.83 bits per heavy atom. The van der Waals surface area contributed by atoms with Gasteiger partial charge in [0, 0.05) is 13.0 Å². The van der Waals surface area contributed by atoms with Gasteiger partial charge in [-0.15, -0.1) is 0 Å². The average molecular weight is 338 g/mol. The largest absolute Gasteiger partial charge is 0.494 e. The van der Waals surface area contributed by atoms with Crippen molar-refractivity contribution >= 4 is 28.9 Å². The standard InChI is InChI=1S/C19H18N2O2S/c1-2-23-16-9-7-15(8-10-16)21-18(22)17-11-13-5-3-4-6-14(13)12-20(17)19(21)24/h3-10,17H,2,11-12H2,1H3/t17-/m0/s1. The molecule has 0 unspecified atom stereocenters. The lowest BCUT2D eigenvalue weighted by Gasteiger charge is -2.30. The number of benzene rings is 2. The molecule has 2 aliphatic rings. The lowest BCUT2D eigenvalue weighted by Crippen LogP contribution is -2.39. The van der Waals surface area contributed by atoms with Crippen molar-refractivity contribution in [1.29, 1.82) is 0 Å². The number of anilines is 1. The minimum absolute atomic E-state index is 0.0543. The van der Waals surface area contributed by atoms with Crippen molar-refractivity contribution in [2.75, 3.05) is 11.5 Å². The van der Waals surface area contributed by atoms with E-state index in [9.17, 15) is 4.79 Å². The third kappa shape index (κ3) is 2.36. The van der Waals surface area contributed by atoms with E-state index >= 15 is 0 Å². The predicted molar refractivity (Wildman–Crippen MR) is 97.2 cm³/mol. The zero-order valence-corrected chi connectivity index (χ0v) is 14.3. The molecule has 2 aromatic rings. The summed E-state index contributed by atoms with van der Waals surface area (Å²) in [5, 5.41) is 0.587. The number of carbonyl (C=O) groups is 1. The van der Waals surface area contributed by atoms with Crippen LogP contribution >= 0.6 is 12.2 Å². The van der Waals surface area contributed by atoms with Gasteiger partial charge in [-0.3, -0.25) is 9.69 Å². The predicted octanol–water partition coefficient (Wildman–Crippen LogP) is 3.14. The van der Waals surface area contributed by atoms with E-state index in [1.807, 2.05) is 48.2 Å². The van der Waals surface area contributed by atoms with Gasteiger partial charge in [-0.25, -0.2) is 0 Å². The number of ether oxygens (including phenoxy) is 1. The van der Waals surface area contributed by atoms with E-state index in [0.29, 0.717) is 24.7 Å². The van der Waals surface area contributed by atoms with Crippen LogP contribution in [0.2, 0.25) is 0 Å². The van der Waals surface area contributed by atoms with Gasteiger partial charge in [-0.05, 0) is 54.5 Å². The van der Waals surface area contributed by atoms with E-state index in [-0.39, 0.29) is 11.9 Å². The van der Waals surface area contributed by atoms with Gasteiger partial charge in [-0.1, -0.05) is 24.3 Å². The van der Waals surface area contributed by atoms with Crippen molar-refractivity contribution in [2.45, 2.75) is 25.9 Å². The Hall–Kier alpha value is -2.40. The SMILES string of the molecule is CCOc1ccc(N2C(=O)[C@@H]3Cc4ccccc4CN3C2=S)cc1. The highest BCUT2D eigenvalue weighted by Gasteiger charge is 2.45. The van der Waals surface area contributed by atoms with E-state index in [2.05, 4.69) is 12.1 Å². The summed E-state index contributed by atoms with van der Waals surface area (Å²) < 4.78 is 5.47. The van der Waals surface area contributed by atoms with Crippen molar-refractivity contribution in [3.8, 4) is 5.75 Å². The molecule has 2 aliphatic heterocycles. The number of hydrogen-bond donors (Lipinski definition) is 0. The van der Waals surface area contributed by atoms with Crippen molar-refractivity contribution in [3.05, 3.63) is 59.7 Å². The summed E-state index contributed by atoms with van der Waals surface area (Å²) in [6.45, 7) is 3.26. The molecule has 122 valence electrons. The molecule has 0 bridgehead atoms. The van der Waals surface area contributed by atoms with E-state index in [1.54, 1.807) is 4.90 Å². The van der Waals surface area contributed by atoms with E-state index in [4.69, 9.17) is 17.0 Å². The maximum absolute atomic E-state index is 12.9. The molecule has 5 heteroatoms. The summed E-state index contributed by atoms with van der Waals surface area (Å²) in [5.41, 5.74) is 3.28. The second-order valence-corrected chi connectivity index (χ2v) is 6.36. The summed E-state index contributed by atoms with van der Waals surface area (Å²) in [6.07, 6.45) is 0.711. The summed E-state index contributed by atoms with van der Waals surface area (Å²) >= 11 is 5.61. The highest BCUT2D eigenvalue weighted by molar-refractivity contribution is 7.80. The first-order valence-corrected chi connectivity index (χ1v) is 8.54. The van der Waals surface area contributed by atoms with Crippen LogP contribution in [0.5, 0.6) is 5.75 Å². The molecule has 1 atom stereocenters. The molecule has 0 saturated carbocycles. The van der Waals surface area contributed by atoms with Crippen molar-refractivity contribution < 1.29 is 9.53 Å². The fraction of sp³-hybridized carbons (Fsp3) is 0.263. The van der Waals surface area contributed by atoms with Crippen molar-refractivity contribution in [1.82, 2.24) is 4.90 Å². The molecule has 24 heavy (non-hydrogen) atoms. The van der Waals surface area contributed by atoms with Crippen LogP contribution in [-0.2, 0) is 17.8 Å². The molecule has 2 heterocycles. The zero-order chi connectivity index (χ0) is 16.7. The molecule has 4 rings (SSSR count). The second-order valence-electron chi connectivity index (χ2n) is 6.00. The Morgan fingerprint density at radius 1 is 1.12 bits per heavy atom. The Balaban J connectivity index is 1.63. The van der Waals surface area contributed by atoms with E-state index in [0.717, 1.165) is 11.4 Å². The number of hydrogen-bond acceptors (Lipinski definition) is 3. The van der Waals surface area contributed by atoms with Gasteiger partial charge in [0.1, 0.15) is 11.8 Å². The fourth-order valence-corrected chi connectivity index (χ4v) is 3.80. The Morgan fingerprint density at radius 3 is 2.54 bits per heavy atom. The number of amides is 1. The molecule has 0 N–H and O–H groups in total. The summed E-state index contributed by atoms with van der Waals surface area (Å²) in [6, 6.07) is 15.6. The average Bonchev–Trinajstić information content (AvgIpc) is 2.85. The molecule has 1 fully saturated rings. The third-order valence-corrected chi connectivity index (χ3v) is 5.01. The molecule has 4 nitrogen and oxygen atoms in total. The fourth-order valence-electron chi connectivity index (χ4n) is 3.41. The highest BCUT2D eigenvalue weighted by atomic mass is 32.1. The maximum Gasteiger partial charge on any atom is 0.256 e. The first kappa shape index (κ1) is 15.1. The number of rotatable bonds is 3. The molecule has 1 amide bonds. The van der Waals surface area contributed by atoms with Crippen LogP contribution in [0.15, 0.2) is 48.5 Å². The second kappa shape index (κ2) is 5.91. The van der Waals surface area contributed by atoms with Gasteiger partial charge in [0.25, 0.3) is 5.91 Å². The lowest BCUT2D eigenvalue weighted by molar-refractivity contribution is -0.119. The van der Waals surface area contributed by atoms with Crippen molar-refractivity contribution in [3.63, 3.8) is 0 Å². The minimum atomic E-state index is -0.195. The van der Waals surface area contributed by atoms with Crippen LogP contribution in [0.4, 0.5) is 5.69 Å². The number of carbonyl (C=O) groups excluding carboxylic acids is 1. The van der Waals surface area contributed by atoms with Crippen LogP contribution in [0, 0.1) is 0 Å². The first-order valence-electron chi connectivity index (χ1n) is 8.13. The van der Waals surface area contributed by atoms with Crippen LogP contribution in [0.3, 0.4) is 0 Å². The van der Waals surface area contributed by atoms with Gasteiger partial charge in [0.05, 0.1) is 12.3 Å². The summed E-state index contributed by atoms with van der Waals surface area (Å²) in [5.74, 6) is 0.850. The summed E-state index contributed by atoms with van der Waals surface area (Å²) in [4.78, 5) is 16.6. The highest BCUT2D eigenvalue weighted by Crippen LogP contribution is 2.33. The summed E-state index contributed by atoms with van der Waals surface area (Å²) in [7, 11) is 0. The van der Waals surface area contributed by atoms with Gasteiger partial charge in [0.2, 0.25) is 0 Å². The van der Waals surface area contributed by atoms with Crippen LogP contribution in [0.25, 0.3) is 0 Å². The number of fused-ring (bicyclic) bond motifs is 2. The topological polar surface area (TPSA) is 32.8 Å². The Bertz CT molecular complexity index is 760. The normalized spacial score (nSPS) is 19.3. The zero-order valence-electron chi connectivity index (χ0n) is 13.4. The monoisotopic (exact) mass is 338 g/mol. The molecular formula is C19H18N2O2S. The van der Waals surface area contributed by atoms with Gasteiger partial charge in [-0.2, -0.15) is 0 Å². The smallest absolute Gasteiger partial charge is 0.256 e. The first-order chi connectivity index (χ1) is 11.7. The van der Waals surface area contributed by atoms with Crippen LogP contribution in [-0.4, -0.2) is 28.6 Å². The van der Waals surface area contributed by atoms with E-state index < -0.39 is 0 Å². The molecule has 0 aliphatic carbocycles. The molecule has 0 spiro atoms. The van der Waals surface area contributed by atoms with Gasteiger partial charge in [0.15, 0.2) is 5.11 Å².